The van der Waals surface area contributed by atoms with E-state index in [1.54, 1.807) is 6.26 Å². The molecule has 2 aromatic carbocycles. The number of imidazole rings is 1. The van der Waals surface area contributed by atoms with E-state index in [0.717, 1.165) is 15.7 Å². The normalized spacial score (nSPS) is 11.9. The molecule has 4 aromatic heterocycles. The van der Waals surface area contributed by atoms with Crippen molar-refractivity contribution in [2.24, 2.45) is 0 Å². The number of nitrogens with zero attached hydrogens (tertiary/aromatic N) is 3. The first kappa shape index (κ1) is 14.6. The van der Waals surface area contributed by atoms with Crippen LogP contribution in [0.3, 0.4) is 0 Å². The van der Waals surface area contributed by atoms with Gasteiger partial charge in [-0.25, -0.2) is 9.97 Å². The van der Waals surface area contributed by atoms with Crippen molar-refractivity contribution in [2.75, 3.05) is 0 Å². The van der Waals surface area contributed by atoms with Gasteiger partial charge >= 0.3 is 0 Å². The predicted molar refractivity (Wildman–Crippen MR) is 107 cm³/mol. The second kappa shape index (κ2) is 5.25. The lowest BCUT2D eigenvalue weighted by Crippen LogP contribution is -2.06. The fourth-order valence-electron chi connectivity index (χ4n) is 3.53. The third-order valence-electron chi connectivity index (χ3n) is 4.72. The Bertz CT molecular complexity index is 1550. The fourth-order valence-corrected chi connectivity index (χ4v) is 4.58. The van der Waals surface area contributed by atoms with Crippen LogP contribution in [0.1, 0.15) is 0 Å². The van der Waals surface area contributed by atoms with Gasteiger partial charge in [0, 0.05) is 10.1 Å². The van der Waals surface area contributed by atoms with Gasteiger partial charge in [-0.1, -0.05) is 24.3 Å². The fraction of sp³-hybridized carbons (Fsp3) is 0. The Labute approximate surface area is 156 Å². The van der Waals surface area contributed by atoms with Crippen molar-refractivity contribution in [2.45, 2.75) is 0 Å². The van der Waals surface area contributed by atoms with Crippen molar-refractivity contribution in [1.29, 1.82) is 0 Å². The number of aromatic nitrogens is 3. The first-order valence-electron chi connectivity index (χ1n) is 8.48. The van der Waals surface area contributed by atoms with Crippen LogP contribution < -0.4 is 5.43 Å². The monoisotopic (exact) mass is 369 g/mol. The number of hydrogen-bond donors (Lipinski definition) is 0. The van der Waals surface area contributed by atoms with E-state index < -0.39 is 0 Å². The number of fused-ring (bicyclic) bond motifs is 6. The zero-order valence-corrected chi connectivity index (χ0v) is 14.7. The zero-order valence-electron chi connectivity index (χ0n) is 13.9. The lowest BCUT2D eigenvalue weighted by Gasteiger charge is -2.07. The van der Waals surface area contributed by atoms with Gasteiger partial charge in [0.2, 0.25) is 5.43 Å². The topological polar surface area (TPSA) is 60.4 Å². The van der Waals surface area contributed by atoms with Crippen LogP contribution in [0.15, 0.2) is 76.1 Å². The molecule has 0 unspecified atom stereocenters. The van der Waals surface area contributed by atoms with Crippen LogP contribution in [-0.4, -0.2) is 14.4 Å². The maximum atomic E-state index is 13.3. The number of hydrogen-bond acceptors (Lipinski definition) is 5. The predicted octanol–water partition coefficient (Wildman–Crippen LogP) is 4.87. The Kier molecular flexibility index (Phi) is 2.84. The lowest BCUT2D eigenvalue weighted by molar-refractivity contribution is 0.577. The highest BCUT2D eigenvalue weighted by Crippen LogP contribution is 2.32. The molecule has 0 bridgehead atoms. The summed E-state index contributed by atoms with van der Waals surface area (Å²) in [5.74, 6) is 1.28. The van der Waals surface area contributed by atoms with Crippen molar-refractivity contribution in [3.05, 3.63) is 77.2 Å². The third-order valence-corrected chi connectivity index (χ3v) is 5.79. The van der Waals surface area contributed by atoms with Gasteiger partial charge < -0.3 is 4.42 Å². The average molecular weight is 369 g/mol. The van der Waals surface area contributed by atoms with Crippen LogP contribution in [0.4, 0.5) is 0 Å². The highest BCUT2D eigenvalue weighted by molar-refractivity contribution is 7.24. The number of rotatable bonds is 1. The van der Waals surface area contributed by atoms with E-state index in [1.165, 1.54) is 11.3 Å². The molecule has 0 N–H and O–H groups in total. The van der Waals surface area contributed by atoms with Crippen molar-refractivity contribution in [3.63, 3.8) is 0 Å². The van der Waals surface area contributed by atoms with E-state index in [2.05, 4.69) is 0 Å². The summed E-state index contributed by atoms with van der Waals surface area (Å²) in [5, 5.41) is 1.24. The largest absolute Gasteiger partial charge is 0.461 e. The summed E-state index contributed by atoms with van der Waals surface area (Å²) in [7, 11) is 0. The molecule has 0 radical (unpaired) electrons. The van der Waals surface area contributed by atoms with Crippen LogP contribution in [-0.2, 0) is 0 Å². The van der Waals surface area contributed by atoms with Crippen molar-refractivity contribution in [1.82, 2.24) is 14.4 Å². The minimum absolute atomic E-state index is 0.0434. The quantitative estimate of drug-likeness (QED) is 0.388. The molecule has 0 fully saturated rings. The molecule has 0 saturated heterocycles. The van der Waals surface area contributed by atoms with E-state index in [0.29, 0.717) is 32.8 Å². The maximum Gasteiger partial charge on any atom is 0.201 e. The number of benzene rings is 2. The SMILES string of the molecule is O=c1c2ccccc2sc2nc(-c3ccco3)n3c4ccccc4nc3c12. The molecular weight excluding hydrogens is 358 g/mol. The van der Waals surface area contributed by atoms with Gasteiger partial charge in [0.05, 0.1) is 17.3 Å². The van der Waals surface area contributed by atoms with E-state index >= 15 is 0 Å². The van der Waals surface area contributed by atoms with Crippen LogP contribution in [0.2, 0.25) is 0 Å². The molecule has 0 aliphatic rings. The minimum Gasteiger partial charge on any atom is -0.461 e. The van der Waals surface area contributed by atoms with E-state index in [4.69, 9.17) is 14.4 Å². The molecular formula is C21H11N3O2S. The summed E-state index contributed by atoms with van der Waals surface area (Å²) < 4.78 is 8.45. The van der Waals surface area contributed by atoms with Crippen molar-refractivity contribution in [3.8, 4) is 11.6 Å². The molecule has 27 heavy (non-hydrogen) atoms. The van der Waals surface area contributed by atoms with Gasteiger partial charge in [-0.15, -0.1) is 11.3 Å². The van der Waals surface area contributed by atoms with Crippen LogP contribution >= 0.6 is 11.3 Å². The van der Waals surface area contributed by atoms with Gasteiger partial charge in [-0.05, 0) is 36.4 Å². The highest BCUT2D eigenvalue weighted by Gasteiger charge is 2.19. The summed E-state index contributed by atoms with van der Waals surface area (Å²) in [6, 6.07) is 19.1. The molecule has 128 valence electrons. The molecule has 0 aliphatic heterocycles. The summed E-state index contributed by atoms with van der Waals surface area (Å²) in [6.07, 6.45) is 1.62. The van der Waals surface area contributed by atoms with Gasteiger partial charge in [-0.2, -0.15) is 0 Å². The molecule has 0 saturated carbocycles. The Morgan fingerprint density at radius 3 is 2.67 bits per heavy atom. The average Bonchev–Trinajstić information content (AvgIpc) is 3.35. The summed E-state index contributed by atoms with van der Waals surface area (Å²) in [6.45, 7) is 0. The Morgan fingerprint density at radius 1 is 0.926 bits per heavy atom. The molecule has 0 spiro atoms. The van der Waals surface area contributed by atoms with E-state index in [1.807, 2.05) is 65.1 Å². The Hall–Kier alpha value is -3.51. The van der Waals surface area contributed by atoms with E-state index in [-0.39, 0.29) is 5.43 Å². The Balaban J connectivity index is 1.94. The number of para-hydroxylation sites is 2. The van der Waals surface area contributed by atoms with Gasteiger partial charge in [0.15, 0.2) is 17.2 Å². The van der Waals surface area contributed by atoms with E-state index in [9.17, 15) is 4.79 Å². The summed E-state index contributed by atoms with van der Waals surface area (Å²) in [4.78, 5) is 23.5. The highest BCUT2D eigenvalue weighted by atomic mass is 32.1. The van der Waals surface area contributed by atoms with Crippen LogP contribution in [0, 0.1) is 0 Å². The van der Waals surface area contributed by atoms with Crippen LogP contribution in [0.5, 0.6) is 0 Å². The first-order valence-corrected chi connectivity index (χ1v) is 9.29. The van der Waals surface area contributed by atoms with Crippen molar-refractivity contribution >= 4 is 48.3 Å². The smallest absolute Gasteiger partial charge is 0.201 e. The zero-order chi connectivity index (χ0) is 18.0. The minimum atomic E-state index is -0.0434. The lowest BCUT2D eigenvalue weighted by atomic mass is 10.2. The summed E-state index contributed by atoms with van der Waals surface area (Å²) >= 11 is 1.50. The van der Waals surface area contributed by atoms with Crippen LogP contribution in [0.25, 0.3) is 48.6 Å². The van der Waals surface area contributed by atoms with Gasteiger partial charge in [0.25, 0.3) is 0 Å². The molecule has 0 amide bonds. The van der Waals surface area contributed by atoms with Gasteiger partial charge in [0.1, 0.15) is 10.2 Å². The molecule has 0 atom stereocenters. The Morgan fingerprint density at radius 2 is 1.78 bits per heavy atom. The molecule has 5 nitrogen and oxygen atoms in total. The maximum absolute atomic E-state index is 13.3. The standard InChI is InChI=1S/C21H11N3O2S/c25-18-12-6-1-4-10-16(12)27-21-17(18)20-22-13-7-2-3-8-14(13)24(20)19(23-21)15-9-5-11-26-15/h1-11H. The van der Waals surface area contributed by atoms with Crippen molar-refractivity contribution < 1.29 is 4.42 Å². The molecule has 6 heteroatoms. The van der Waals surface area contributed by atoms with Gasteiger partial charge in [-0.3, -0.25) is 9.20 Å². The second-order valence-electron chi connectivity index (χ2n) is 6.28. The molecule has 6 aromatic rings. The second-order valence-corrected chi connectivity index (χ2v) is 7.31. The number of furan rings is 1. The summed E-state index contributed by atoms with van der Waals surface area (Å²) in [5.41, 5.74) is 2.28. The molecule has 4 heterocycles. The molecule has 6 rings (SSSR count). The first-order chi connectivity index (χ1) is 13.3. The molecule has 0 aliphatic carbocycles. The third kappa shape index (κ3) is 1.96.